The lowest BCUT2D eigenvalue weighted by Gasteiger charge is -2.15. The number of carbonyl (C=O) groups is 1. The van der Waals surface area contributed by atoms with Crippen LogP contribution in [0.1, 0.15) is 87.0 Å². The van der Waals surface area contributed by atoms with E-state index >= 15 is 0 Å². The molecule has 0 N–H and O–H groups in total. The van der Waals surface area contributed by atoms with Crippen molar-refractivity contribution >= 4 is 5.91 Å². The lowest BCUT2D eigenvalue weighted by molar-refractivity contribution is -0.128. The maximum absolute atomic E-state index is 14.3. The number of rotatable bonds is 12. The molecule has 0 bridgehead atoms. The summed E-state index contributed by atoms with van der Waals surface area (Å²) in [7, 11) is 3.51. The molecule has 0 aliphatic rings. The summed E-state index contributed by atoms with van der Waals surface area (Å²) in [6.07, 6.45) is 11.2. The third kappa shape index (κ3) is 20.2. The van der Waals surface area contributed by atoms with Gasteiger partial charge in [-0.1, -0.05) is 112 Å². The fourth-order valence-electron chi connectivity index (χ4n) is 2.22. The summed E-state index contributed by atoms with van der Waals surface area (Å²) >= 11 is 0. The average molecular weight is 462 g/mol. The van der Waals surface area contributed by atoms with Crippen LogP contribution in [0.15, 0.2) is 72.7 Å². The highest BCUT2D eigenvalue weighted by molar-refractivity contribution is 5.75. The Morgan fingerprint density at radius 1 is 0.909 bits per heavy atom. The third-order valence-electron chi connectivity index (χ3n) is 5.19. The summed E-state index contributed by atoms with van der Waals surface area (Å²) in [4.78, 5) is 12.0. The summed E-state index contributed by atoms with van der Waals surface area (Å²) in [5.41, 5.74) is 2.65. The highest BCUT2D eigenvalue weighted by Gasteiger charge is 2.10. The Morgan fingerprint density at radius 2 is 1.42 bits per heavy atom. The molecule has 2 unspecified atom stereocenters. The molecule has 0 aromatic heterocycles. The van der Waals surface area contributed by atoms with Crippen molar-refractivity contribution in [2.24, 2.45) is 11.8 Å². The second kappa shape index (κ2) is 21.7. The first-order valence-corrected chi connectivity index (χ1v) is 12.3. The van der Waals surface area contributed by atoms with Gasteiger partial charge in [0.15, 0.2) is 0 Å². The van der Waals surface area contributed by atoms with E-state index in [0.29, 0.717) is 23.5 Å². The summed E-state index contributed by atoms with van der Waals surface area (Å²) in [6.45, 7) is 30.2. The SMILES string of the molecule is C=C(/C=C\C(=C)C(=C)/C(F)=C\C(=C)C(C)CCC(C)CC)CC.CCC.CCC(=O)N(C)C. The lowest BCUT2D eigenvalue weighted by Crippen LogP contribution is -2.19. The first kappa shape index (κ1) is 35.4. The highest BCUT2D eigenvalue weighted by atomic mass is 19.1. The first-order valence-electron chi connectivity index (χ1n) is 12.3. The Labute approximate surface area is 205 Å². The van der Waals surface area contributed by atoms with E-state index in [4.69, 9.17) is 0 Å². The minimum absolute atomic E-state index is 0.181. The predicted octanol–water partition coefficient (Wildman–Crippen LogP) is 9.39. The molecule has 0 aromatic carbocycles. The molecule has 0 radical (unpaired) electrons. The fraction of sp³-hybridized carbons (Fsp3) is 0.567. The van der Waals surface area contributed by atoms with Gasteiger partial charge in [-0.3, -0.25) is 4.79 Å². The summed E-state index contributed by atoms with van der Waals surface area (Å²) < 4.78 is 14.3. The Morgan fingerprint density at radius 3 is 1.79 bits per heavy atom. The highest BCUT2D eigenvalue weighted by Crippen LogP contribution is 2.25. The largest absolute Gasteiger partial charge is 0.349 e. The Kier molecular flexibility index (Phi) is 23.3. The fourth-order valence-corrected chi connectivity index (χ4v) is 2.22. The standard InChI is InChI=1S/C22H33F.C5H11NO.C3H8/c1-9-16(3)11-13-18(5)20(7)15-22(23)21(8)19(6)14-12-17(4)10-2;1-4-5(7)6(2)3;1-3-2/h12,14-16,18H,4,6-11,13H2,1-3,5H3;4H2,1-3H3;3H2,1-2H3/b14-12-,22-15+;;. The van der Waals surface area contributed by atoms with Crippen LogP contribution in [0, 0.1) is 11.8 Å². The molecule has 3 heteroatoms. The van der Waals surface area contributed by atoms with Gasteiger partial charge in [-0.05, 0) is 41.9 Å². The predicted molar refractivity (Wildman–Crippen MR) is 148 cm³/mol. The van der Waals surface area contributed by atoms with E-state index < -0.39 is 0 Å². The molecule has 0 fully saturated rings. The summed E-state index contributed by atoms with van der Waals surface area (Å²) in [6, 6.07) is 0. The van der Waals surface area contributed by atoms with E-state index in [2.05, 4.69) is 60.9 Å². The van der Waals surface area contributed by atoms with Crippen molar-refractivity contribution in [3.63, 3.8) is 0 Å². The number of carbonyl (C=O) groups excluding carboxylic acids is 1. The van der Waals surface area contributed by atoms with Gasteiger partial charge in [0, 0.05) is 26.1 Å². The van der Waals surface area contributed by atoms with Gasteiger partial charge in [0.1, 0.15) is 5.83 Å². The Hall–Kier alpha value is -2.16. The zero-order valence-corrected chi connectivity index (χ0v) is 23.2. The van der Waals surface area contributed by atoms with Gasteiger partial charge >= 0.3 is 0 Å². The molecule has 0 spiro atoms. The summed E-state index contributed by atoms with van der Waals surface area (Å²) in [5.74, 6) is 0.791. The van der Waals surface area contributed by atoms with E-state index in [9.17, 15) is 9.18 Å². The van der Waals surface area contributed by atoms with Crippen molar-refractivity contribution in [1.82, 2.24) is 4.90 Å². The molecule has 0 saturated carbocycles. The van der Waals surface area contributed by atoms with Crippen LogP contribution in [0.25, 0.3) is 0 Å². The molecule has 0 aliphatic heterocycles. The van der Waals surface area contributed by atoms with Crippen molar-refractivity contribution in [3.05, 3.63) is 72.7 Å². The molecule has 2 atom stereocenters. The van der Waals surface area contributed by atoms with Crippen molar-refractivity contribution < 1.29 is 9.18 Å². The molecule has 2 nitrogen and oxygen atoms in total. The zero-order valence-electron chi connectivity index (χ0n) is 23.2. The van der Waals surface area contributed by atoms with Crippen LogP contribution in [0.2, 0.25) is 0 Å². The number of allylic oxidation sites excluding steroid dienone is 8. The van der Waals surface area contributed by atoms with Gasteiger partial charge in [0.2, 0.25) is 5.91 Å². The topological polar surface area (TPSA) is 20.3 Å². The maximum atomic E-state index is 14.3. The molecule has 190 valence electrons. The minimum Gasteiger partial charge on any atom is -0.349 e. The number of hydrogen-bond donors (Lipinski definition) is 0. The van der Waals surface area contributed by atoms with Gasteiger partial charge in [0.05, 0.1) is 0 Å². The van der Waals surface area contributed by atoms with Crippen LogP contribution in [0.4, 0.5) is 4.39 Å². The van der Waals surface area contributed by atoms with Crippen LogP contribution < -0.4 is 0 Å². The number of nitrogens with zero attached hydrogens (tertiary/aromatic N) is 1. The van der Waals surface area contributed by atoms with Crippen LogP contribution in [-0.2, 0) is 4.79 Å². The second-order valence-electron chi connectivity index (χ2n) is 8.76. The van der Waals surface area contributed by atoms with Crippen molar-refractivity contribution in [3.8, 4) is 0 Å². The van der Waals surface area contributed by atoms with E-state index in [1.807, 2.05) is 19.9 Å². The summed E-state index contributed by atoms with van der Waals surface area (Å²) in [5, 5.41) is 0. The van der Waals surface area contributed by atoms with E-state index in [1.54, 1.807) is 25.1 Å². The average Bonchev–Trinajstić information content (AvgIpc) is 2.79. The lowest BCUT2D eigenvalue weighted by atomic mass is 9.91. The number of amides is 1. The zero-order chi connectivity index (χ0) is 26.6. The van der Waals surface area contributed by atoms with Crippen LogP contribution in [-0.4, -0.2) is 24.9 Å². The monoisotopic (exact) mass is 461 g/mol. The van der Waals surface area contributed by atoms with Gasteiger partial charge in [0.25, 0.3) is 0 Å². The third-order valence-corrected chi connectivity index (χ3v) is 5.19. The van der Waals surface area contributed by atoms with E-state index in [0.717, 1.165) is 30.4 Å². The van der Waals surface area contributed by atoms with Gasteiger partial charge in [-0.15, -0.1) is 0 Å². The van der Waals surface area contributed by atoms with Crippen molar-refractivity contribution in [2.45, 2.75) is 87.0 Å². The minimum atomic E-state index is -0.359. The van der Waals surface area contributed by atoms with Crippen molar-refractivity contribution in [1.29, 1.82) is 0 Å². The molecule has 0 rings (SSSR count). The molecular weight excluding hydrogens is 409 g/mol. The van der Waals surface area contributed by atoms with E-state index in [-0.39, 0.29) is 17.7 Å². The molecular formula is C30H52FNO. The number of hydrogen-bond acceptors (Lipinski definition) is 1. The molecule has 0 aliphatic carbocycles. The van der Waals surface area contributed by atoms with Gasteiger partial charge in [-0.2, -0.15) is 0 Å². The van der Waals surface area contributed by atoms with Gasteiger partial charge < -0.3 is 4.90 Å². The molecule has 0 aromatic rings. The maximum Gasteiger partial charge on any atom is 0.221 e. The van der Waals surface area contributed by atoms with Gasteiger partial charge in [-0.25, -0.2) is 4.39 Å². The van der Waals surface area contributed by atoms with Crippen molar-refractivity contribution in [2.75, 3.05) is 14.1 Å². The van der Waals surface area contributed by atoms with Crippen LogP contribution >= 0.6 is 0 Å². The quantitative estimate of drug-likeness (QED) is 0.265. The second-order valence-corrected chi connectivity index (χ2v) is 8.76. The smallest absolute Gasteiger partial charge is 0.221 e. The Bertz CT molecular complexity index is 667. The normalized spacial score (nSPS) is 12.5. The molecule has 33 heavy (non-hydrogen) atoms. The number of halogens is 1. The first-order chi connectivity index (χ1) is 15.3. The van der Waals surface area contributed by atoms with Crippen LogP contribution in [0.5, 0.6) is 0 Å². The molecule has 0 saturated heterocycles. The Balaban J connectivity index is -0.000000749. The van der Waals surface area contributed by atoms with Crippen LogP contribution in [0.3, 0.4) is 0 Å². The van der Waals surface area contributed by atoms with E-state index in [1.165, 1.54) is 18.9 Å². The molecule has 0 heterocycles. The molecule has 1 amide bonds.